The molecule has 5 nitrogen and oxygen atoms in total. The molecule has 6 heteroatoms. The van der Waals surface area contributed by atoms with Gasteiger partial charge in [-0.2, -0.15) is 5.26 Å². The minimum Gasteiger partial charge on any atom is -0.383 e. The van der Waals surface area contributed by atoms with Crippen LogP contribution < -0.4 is 5.73 Å². The van der Waals surface area contributed by atoms with Crippen molar-refractivity contribution in [3.8, 4) is 17.9 Å². The second-order valence-corrected chi connectivity index (χ2v) is 4.95. The highest BCUT2D eigenvalue weighted by Crippen LogP contribution is 2.17. The van der Waals surface area contributed by atoms with Gasteiger partial charge in [0.15, 0.2) is 0 Å². The van der Waals surface area contributed by atoms with E-state index in [9.17, 15) is 4.79 Å². The van der Waals surface area contributed by atoms with Gasteiger partial charge in [0, 0.05) is 20.2 Å². The van der Waals surface area contributed by atoms with E-state index in [1.54, 1.807) is 24.1 Å². The Balaban J connectivity index is 2.77. The molecule has 0 atom stereocenters. The molecule has 0 fully saturated rings. The maximum Gasteiger partial charge on any atom is 0.264 e. The van der Waals surface area contributed by atoms with Crippen molar-refractivity contribution < 1.29 is 9.53 Å². The SMILES string of the molecule is COCCN(CCC#N)C(=O)c1ccc(C#CCN)s1. The van der Waals surface area contributed by atoms with Crippen molar-refractivity contribution >= 4 is 17.2 Å². The number of ether oxygens (including phenoxy) is 1. The molecule has 2 N–H and O–H groups in total. The molecular formula is C14H17N3O2S. The van der Waals surface area contributed by atoms with Gasteiger partial charge >= 0.3 is 0 Å². The van der Waals surface area contributed by atoms with Crippen molar-refractivity contribution in [1.29, 1.82) is 5.26 Å². The summed E-state index contributed by atoms with van der Waals surface area (Å²) in [6.45, 7) is 1.62. The Labute approximate surface area is 122 Å². The third kappa shape index (κ3) is 5.02. The van der Waals surface area contributed by atoms with Gasteiger partial charge in [0.25, 0.3) is 5.91 Å². The highest BCUT2D eigenvalue weighted by Gasteiger charge is 2.17. The summed E-state index contributed by atoms with van der Waals surface area (Å²) >= 11 is 1.33. The molecule has 0 bridgehead atoms. The Hall–Kier alpha value is -1.86. The number of amides is 1. The van der Waals surface area contributed by atoms with E-state index in [2.05, 4.69) is 11.8 Å². The number of nitrogens with zero attached hydrogens (tertiary/aromatic N) is 2. The number of carbonyl (C=O) groups is 1. The second-order valence-electron chi connectivity index (χ2n) is 3.86. The third-order valence-electron chi connectivity index (χ3n) is 2.48. The van der Waals surface area contributed by atoms with Crippen molar-refractivity contribution in [2.75, 3.05) is 33.4 Å². The fourth-order valence-electron chi connectivity index (χ4n) is 1.52. The molecule has 0 spiro atoms. The quantitative estimate of drug-likeness (QED) is 0.795. The average Bonchev–Trinajstić information content (AvgIpc) is 2.93. The topological polar surface area (TPSA) is 79.3 Å². The number of hydrogen-bond acceptors (Lipinski definition) is 5. The fraction of sp³-hybridized carbons (Fsp3) is 0.429. The van der Waals surface area contributed by atoms with Crippen LogP contribution in [0, 0.1) is 23.2 Å². The summed E-state index contributed by atoms with van der Waals surface area (Å²) in [5, 5.41) is 8.65. The summed E-state index contributed by atoms with van der Waals surface area (Å²) in [7, 11) is 1.58. The number of nitriles is 1. The van der Waals surface area contributed by atoms with E-state index in [1.807, 2.05) is 6.07 Å². The van der Waals surface area contributed by atoms with Crippen LogP contribution in [0.5, 0.6) is 0 Å². The van der Waals surface area contributed by atoms with Crippen molar-refractivity contribution in [2.45, 2.75) is 6.42 Å². The Bertz CT molecular complexity index is 537. The van der Waals surface area contributed by atoms with Gasteiger partial charge in [-0.3, -0.25) is 4.79 Å². The van der Waals surface area contributed by atoms with Crippen molar-refractivity contribution in [2.24, 2.45) is 5.73 Å². The first-order valence-electron chi connectivity index (χ1n) is 6.17. The Kier molecular flexibility index (Phi) is 7.38. The maximum absolute atomic E-state index is 12.3. The number of carbonyl (C=O) groups excluding carboxylic acids is 1. The first-order valence-corrected chi connectivity index (χ1v) is 6.98. The van der Waals surface area contributed by atoms with Crippen LogP contribution in [-0.2, 0) is 4.74 Å². The van der Waals surface area contributed by atoms with Crippen LogP contribution >= 0.6 is 11.3 Å². The van der Waals surface area contributed by atoms with Crippen LogP contribution in [0.2, 0.25) is 0 Å². The van der Waals surface area contributed by atoms with E-state index in [0.29, 0.717) is 37.5 Å². The number of thiophene rings is 1. The Morgan fingerprint density at radius 2 is 2.30 bits per heavy atom. The molecule has 1 aromatic rings. The van der Waals surface area contributed by atoms with E-state index < -0.39 is 0 Å². The van der Waals surface area contributed by atoms with Gasteiger partial charge < -0.3 is 15.4 Å². The lowest BCUT2D eigenvalue weighted by molar-refractivity contribution is 0.0704. The molecule has 0 saturated carbocycles. The molecule has 0 aliphatic rings. The minimum absolute atomic E-state index is 0.0944. The highest BCUT2D eigenvalue weighted by atomic mass is 32.1. The summed E-state index contributed by atoms with van der Waals surface area (Å²) in [5.41, 5.74) is 5.31. The van der Waals surface area contributed by atoms with Crippen LogP contribution in [0.4, 0.5) is 0 Å². The molecule has 0 aromatic carbocycles. The first kappa shape index (κ1) is 16.2. The van der Waals surface area contributed by atoms with E-state index >= 15 is 0 Å². The molecule has 1 heterocycles. The van der Waals surface area contributed by atoms with Crippen LogP contribution in [0.3, 0.4) is 0 Å². The zero-order valence-corrected chi connectivity index (χ0v) is 12.2. The first-order chi connectivity index (χ1) is 9.72. The predicted octanol–water partition coefficient (Wildman–Crippen LogP) is 1.06. The summed E-state index contributed by atoms with van der Waals surface area (Å²) in [6, 6.07) is 5.60. The maximum atomic E-state index is 12.3. The van der Waals surface area contributed by atoms with Crippen molar-refractivity contribution in [3.63, 3.8) is 0 Å². The molecular weight excluding hydrogens is 274 g/mol. The summed E-state index contributed by atoms with van der Waals surface area (Å²) < 4.78 is 4.99. The number of nitrogens with two attached hydrogens (primary N) is 1. The fourth-order valence-corrected chi connectivity index (χ4v) is 2.36. The van der Waals surface area contributed by atoms with Gasteiger partial charge in [0.05, 0.1) is 35.4 Å². The zero-order chi connectivity index (χ0) is 14.8. The summed E-state index contributed by atoms with van der Waals surface area (Å²) in [5.74, 6) is 5.56. The lowest BCUT2D eigenvalue weighted by atomic mass is 10.3. The summed E-state index contributed by atoms with van der Waals surface area (Å²) in [6.07, 6.45) is 0.306. The molecule has 0 unspecified atom stereocenters. The highest BCUT2D eigenvalue weighted by molar-refractivity contribution is 7.14. The van der Waals surface area contributed by atoms with Crippen LogP contribution in [0.1, 0.15) is 21.0 Å². The van der Waals surface area contributed by atoms with Crippen molar-refractivity contribution in [3.05, 3.63) is 21.9 Å². The number of hydrogen-bond donors (Lipinski definition) is 1. The zero-order valence-electron chi connectivity index (χ0n) is 11.4. The smallest absolute Gasteiger partial charge is 0.264 e. The van der Waals surface area contributed by atoms with Gasteiger partial charge in [0.2, 0.25) is 0 Å². The number of rotatable bonds is 6. The number of methoxy groups -OCH3 is 1. The van der Waals surface area contributed by atoms with E-state index in [4.69, 9.17) is 15.7 Å². The van der Waals surface area contributed by atoms with E-state index in [1.165, 1.54) is 11.3 Å². The largest absolute Gasteiger partial charge is 0.383 e. The minimum atomic E-state index is -0.0944. The van der Waals surface area contributed by atoms with Crippen LogP contribution in [0.15, 0.2) is 12.1 Å². The average molecular weight is 291 g/mol. The molecule has 1 aromatic heterocycles. The molecule has 1 rings (SSSR count). The van der Waals surface area contributed by atoms with Crippen LogP contribution in [-0.4, -0.2) is 44.2 Å². The molecule has 0 saturated heterocycles. The Morgan fingerprint density at radius 3 is 2.95 bits per heavy atom. The van der Waals surface area contributed by atoms with Gasteiger partial charge in [-0.15, -0.1) is 11.3 Å². The molecule has 1 amide bonds. The molecule has 0 radical (unpaired) electrons. The van der Waals surface area contributed by atoms with Crippen LogP contribution in [0.25, 0.3) is 0 Å². The molecule has 106 valence electrons. The Morgan fingerprint density at radius 1 is 1.50 bits per heavy atom. The monoisotopic (exact) mass is 291 g/mol. The van der Waals surface area contributed by atoms with E-state index in [-0.39, 0.29) is 5.91 Å². The second kappa shape index (κ2) is 9.11. The van der Waals surface area contributed by atoms with Gasteiger partial charge in [-0.05, 0) is 12.1 Å². The van der Waals surface area contributed by atoms with Gasteiger partial charge in [-0.1, -0.05) is 11.8 Å². The molecule has 0 aliphatic carbocycles. The van der Waals surface area contributed by atoms with Crippen molar-refractivity contribution in [1.82, 2.24) is 4.90 Å². The predicted molar refractivity (Wildman–Crippen MR) is 78.3 cm³/mol. The molecule has 20 heavy (non-hydrogen) atoms. The lowest BCUT2D eigenvalue weighted by Crippen LogP contribution is -2.34. The third-order valence-corrected chi connectivity index (χ3v) is 3.47. The standard InChI is InChI=1S/C14H17N3O2S/c1-19-11-10-17(9-3-8-16)14(18)13-6-5-12(20-13)4-2-7-15/h5-6H,3,7,9-11,15H2,1H3. The van der Waals surface area contributed by atoms with Gasteiger partial charge in [0.1, 0.15) is 0 Å². The van der Waals surface area contributed by atoms with Gasteiger partial charge in [-0.25, -0.2) is 0 Å². The molecule has 0 aliphatic heterocycles. The lowest BCUT2D eigenvalue weighted by Gasteiger charge is -2.20. The normalized spacial score (nSPS) is 9.45. The summed E-state index contributed by atoms with van der Waals surface area (Å²) in [4.78, 5) is 15.4. The van der Waals surface area contributed by atoms with E-state index in [0.717, 1.165) is 4.88 Å².